The Bertz CT molecular complexity index is 524. The van der Waals surface area contributed by atoms with Crippen LogP contribution in [0.1, 0.15) is 25.2 Å². The standard InChI is InChI=1S/C16H23ClN4/c1-13(2)11-21-16(19-12-20-21)10-18-15(9-17)8-14-6-4-3-5-7-14/h3-7,12-13,15,18H,8-11H2,1-2H3. The van der Waals surface area contributed by atoms with Crippen LogP contribution >= 0.6 is 11.6 Å². The Kier molecular flexibility index (Phi) is 6.21. The van der Waals surface area contributed by atoms with Crippen molar-refractivity contribution in [1.29, 1.82) is 0 Å². The number of nitrogens with one attached hydrogen (secondary N) is 1. The van der Waals surface area contributed by atoms with Gasteiger partial charge in [0.25, 0.3) is 0 Å². The topological polar surface area (TPSA) is 42.7 Å². The highest BCUT2D eigenvalue weighted by Crippen LogP contribution is 2.06. The summed E-state index contributed by atoms with van der Waals surface area (Å²) in [5.41, 5.74) is 1.29. The molecule has 1 N–H and O–H groups in total. The van der Waals surface area contributed by atoms with Gasteiger partial charge in [-0.1, -0.05) is 44.2 Å². The second kappa shape index (κ2) is 8.15. The summed E-state index contributed by atoms with van der Waals surface area (Å²) in [5.74, 6) is 2.10. The number of aromatic nitrogens is 3. The van der Waals surface area contributed by atoms with Crippen molar-refractivity contribution in [2.75, 3.05) is 5.88 Å². The lowest BCUT2D eigenvalue weighted by Gasteiger charge is -2.16. The first-order valence-electron chi connectivity index (χ1n) is 7.39. The average Bonchev–Trinajstić information content (AvgIpc) is 2.91. The van der Waals surface area contributed by atoms with Crippen molar-refractivity contribution in [3.05, 3.63) is 48.0 Å². The molecule has 4 nitrogen and oxygen atoms in total. The van der Waals surface area contributed by atoms with E-state index < -0.39 is 0 Å². The Morgan fingerprint density at radius 1 is 1.24 bits per heavy atom. The third kappa shape index (κ3) is 5.14. The minimum absolute atomic E-state index is 0.235. The van der Waals surface area contributed by atoms with Crippen LogP contribution in [0, 0.1) is 5.92 Å². The molecule has 1 aromatic heterocycles. The highest BCUT2D eigenvalue weighted by atomic mass is 35.5. The van der Waals surface area contributed by atoms with E-state index in [1.54, 1.807) is 6.33 Å². The Morgan fingerprint density at radius 2 is 2.00 bits per heavy atom. The van der Waals surface area contributed by atoms with Crippen molar-refractivity contribution in [3.63, 3.8) is 0 Å². The molecule has 5 heteroatoms. The summed E-state index contributed by atoms with van der Waals surface area (Å²) in [4.78, 5) is 4.33. The van der Waals surface area contributed by atoms with Gasteiger partial charge in [-0.25, -0.2) is 9.67 Å². The minimum atomic E-state index is 0.235. The minimum Gasteiger partial charge on any atom is -0.306 e. The monoisotopic (exact) mass is 306 g/mol. The van der Waals surface area contributed by atoms with Crippen LogP contribution in [0.5, 0.6) is 0 Å². The number of hydrogen-bond acceptors (Lipinski definition) is 3. The van der Waals surface area contributed by atoms with Crippen LogP contribution in [0.2, 0.25) is 0 Å². The molecular weight excluding hydrogens is 284 g/mol. The zero-order valence-electron chi connectivity index (χ0n) is 12.7. The summed E-state index contributed by atoms with van der Waals surface area (Å²) >= 11 is 6.08. The van der Waals surface area contributed by atoms with E-state index in [-0.39, 0.29) is 6.04 Å². The zero-order chi connectivity index (χ0) is 15.1. The highest BCUT2D eigenvalue weighted by molar-refractivity contribution is 6.18. The maximum Gasteiger partial charge on any atom is 0.140 e. The molecule has 2 aromatic rings. The summed E-state index contributed by atoms with van der Waals surface area (Å²) in [6.07, 6.45) is 2.54. The van der Waals surface area contributed by atoms with Gasteiger partial charge >= 0.3 is 0 Å². The van der Waals surface area contributed by atoms with E-state index in [4.69, 9.17) is 11.6 Å². The van der Waals surface area contributed by atoms with Crippen molar-refractivity contribution in [2.24, 2.45) is 5.92 Å². The number of rotatable bonds is 8. The molecule has 0 aliphatic rings. The van der Waals surface area contributed by atoms with E-state index in [0.29, 0.717) is 18.3 Å². The number of hydrogen-bond donors (Lipinski definition) is 1. The maximum absolute atomic E-state index is 6.08. The first-order chi connectivity index (χ1) is 10.2. The lowest BCUT2D eigenvalue weighted by Crippen LogP contribution is -2.33. The smallest absolute Gasteiger partial charge is 0.140 e. The second-order valence-corrected chi connectivity index (χ2v) is 5.98. The SMILES string of the molecule is CC(C)Cn1ncnc1CNC(CCl)Cc1ccccc1. The van der Waals surface area contributed by atoms with Crippen LogP contribution in [-0.2, 0) is 19.5 Å². The van der Waals surface area contributed by atoms with Gasteiger partial charge in [0.15, 0.2) is 0 Å². The van der Waals surface area contributed by atoms with Gasteiger partial charge in [-0.3, -0.25) is 0 Å². The van der Waals surface area contributed by atoms with E-state index in [9.17, 15) is 0 Å². The van der Waals surface area contributed by atoms with Crippen LogP contribution in [0.3, 0.4) is 0 Å². The summed E-state index contributed by atoms with van der Waals surface area (Å²) < 4.78 is 1.96. The van der Waals surface area contributed by atoms with E-state index in [0.717, 1.165) is 18.8 Å². The normalized spacial score (nSPS) is 12.8. The number of nitrogens with zero attached hydrogens (tertiary/aromatic N) is 3. The van der Waals surface area contributed by atoms with Gasteiger partial charge in [-0.05, 0) is 17.9 Å². The van der Waals surface area contributed by atoms with Crippen molar-refractivity contribution < 1.29 is 0 Å². The zero-order valence-corrected chi connectivity index (χ0v) is 13.4. The summed E-state index contributed by atoms with van der Waals surface area (Å²) in [5, 5.41) is 7.76. The predicted octanol–water partition coefficient (Wildman–Crippen LogP) is 2.87. The highest BCUT2D eigenvalue weighted by Gasteiger charge is 2.11. The summed E-state index contributed by atoms with van der Waals surface area (Å²) in [7, 11) is 0. The Balaban J connectivity index is 1.90. The van der Waals surface area contributed by atoms with Gasteiger partial charge < -0.3 is 5.32 Å². The fourth-order valence-electron chi connectivity index (χ4n) is 2.24. The predicted molar refractivity (Wildman–Crippen MR) is 86.4 cm³/mol. The van der Waals surface area contributed by atoms with E-state index in [1.807, 2.05) is 10.7 Å². The third-order valence-corrected chi connectivity index (χ3v) is 3.67. The van der Waals surface area contributed by atoms with E-state index in [1.165, 1.54) is 5.56 Å². The lowest BCUT2D eigenvalue weighted by atomic mass is 10.1. The van der Waals surface area contributed by atoms with Crippen molar-refractivity contribution >= 4 is 11.6 Å². The van der Waals surface area contributed by atoms with E-state index in [2.05, 4.69) is 53.5 Å². The fourth-order valence-corrected chi connectivity index (χ4v) is 2.46. The van der Waals surface area contributed by atoms with Gasteiger partial charge in [0.1, 0.15) is 12.2 Å². The van der Waals surface area contributed by atoms with Crippen LogP contribution in [0.25, 0.3) is 0 Å². The third-order valence-electron chi connectivity index (χ3n) is 3.29. The molecule has 1 unspecified atom stereocenters. The summed E-state index contributed by atoms with van der Waals surface area (Å²) in [6.45, 7) is 5.93. The molecule has 0 spiro atoms. The quantitative estimate of drug-likeness (QED) is 0.763. The van der Waals surface area contributed by atoms with Crippen molar-refractivity contribution in [3.8, 4) is 0 Å². The number of benzene rings is 1. The fraction of sp³-hybridized carbons (Fsp3) is 0.500. The van der Waals surface area contributed by atoms with Gasteiger partial charge in [-0.15, -0.1) is 11.6 Å². The molecule has 1 atom stereocenters. The number of alkyl halides is 1. The molecule has 21 heavy (non-hydrogen) atoms. The second-order valence-electron chi connectivity index (χ2n) is 5.67. The molecule has 0 aliphatic carbocycles. The van der Waals surface area contributed by atoms with Crippen molar-refractivity contribution in [2.45, 2.75) is 39.4 Å². The molecule has 114 valence electrons. The Hall–Kier alpha value is -1.39. The molecule has 1 aromatic carbocycles. The summed E-state index contributed by atoms with van der Waals surface area (Å²) in [6, 6.07) is 10.6. The number of halogens is 1. The lowest BCUT2D eigenvalue weighted by molar-refractivity contribution is 0.447. The van der Waals surface area contributed by atoms with Gasteiger partial charge in [0.05, 0.1) is 6.54 Å². The van der Waals surface area contributed by atoms with Crippen LogP contribution in [0.4, 0.5) is 0 Å². The molecule has 0 fully saturated rings. The van der Waals surface area contributed by atoms with Crippen LogP contribution in [0.15, 0.2) is 36.7 Å². The van der Waals surface area contributed by atoms with Crippen LogP contribution < -0.4 is 5.32 Å². The van der Waals surface area contributed by atoms with Gasteiger partial charge in [-0.2, -0.15) is 5.10 Å². The average molecular weight is 307 g/mol. The molecule has 2 rings (SSSR count). The van der Waals surface area contributed by atoms with E-state index >= 15 is 0 Å². The molecule has 1 heterocycles. The first kappa shape index (κ1) is 16.0. The molecular formula is C16H23ClN4. The Morgan fingerprint density at radius 3 is 2.67 bits per heavy atom. The molecule has 0 aliphatic heterocycles. The molecule has 0 amide bonds. The molecule has 0 saturated heterocycles. The van der Waals surface area contributed by atoms with Crippen LogP contribution in [-0.4, -0.2) is 26.7 Å². The largest absolute Gasteiger partial charge is 0.306 e. The Labute approximate surface area is 131 Å². The molecule has 0 radical (unpaired) electrons. The maximum atomic E-state index is 6.08. The van der Waals surface area contributed by atoms with Crippen molar-refractivity contribution in [1.82, 2.24) is 20.1 Å². The first-order valence-corrected chi connectivity index (χ1v) is 7.92. The molecule has 0 bridgehead atoms. The van der Waals surface area contributed by atoms with Gasteiger partial charge in [0, 0.05) is 18.5 Å². The van der Waals surface area contributed by atoms with Gasteiger partial charge in [0.2, 0.25) is 0 Å². The molecule has 0 saturated carbocycles.